The number of hydrogen-bond donors (Lipinski definition) is 1. The van der Waals surface area contributed by atoms with Crippen LogP contribution in [0.1, 0.15) is 51.7 Å². The van der Waals surface area contributed by atoms with E-state index in [1.807, 2.05) is 6.07 Å². The Morgan fingerprint density at radius 3 is 2.10 bits per heavy atom. The van der Waals surface area contributed by atoms with Gasteiger partial charge in [-0.15, -0.1) is 0 Å². The van der Waals surface area contributed by atoms with Crippen molar-refractivity contribution in [3.63, 3.8) is 0 Å². The van der Waals surface area contributed by atoms with Crippen molar-refractivity contribution in [3.8, 4) is 0 Å². The molecule has 0 amide bonds. The summed E-state index contributed by atoms with van der Waals surface area (Å²) >= 11 is 0. The van der Waals surface area contributed by atoms with Gasteiger partial charge in [-0.25, -0.2) is 4.39 Å². The fraction of sp³-hybridized carbons (Fsp3) is 0.667. The third-order valence-corrected chi connectivity index (χ3v) is 3.79. The Balaban J connectivity index is 2.73. The molecule has 1 rings (SSSR count). The lowest BCUT2D eigenvalue weighted by molar-refractivity contribution is 0.233. The molecule has 2 nitrogen and oxygen atoms in total. The molecule has 0 aliphatic carbocycles. The quantitative estimate of drug-likeness (QED) is 0.740. The molecule has 1 aromatic carbocycles. The van der Waals surface area contributed by atoms with Gasteiger partial charge in [0.1, 0.15) is 5.82 Å². The van der Waals surface area contributed by atoms with Gasteiger partial charge < -0.3 is 5.73 Å². The van der Waals surface area contributed by atoms with Crippen LogP contribution in [-0.2, 0) is 13.1 Å². The Hall–Kier alpha value is -0.930. The molecule has 0 fully saturated rings. The summed E-state index contributed by atoms with van der Waals surface area (Å²) < 4.78 is 14.0. The van der Waals surface area contributed by atoms with Crippen LogP contribution in [-0.4, -0.2) is 18.0 Å². The van der Waals surface area contributed by atoms with Crippen molar-refractivity contribution in [2.75, 3.05) is 13.1 Å². The lowest BCUT2D eigenvalue weighted by atomic mass is 10.1. The van der Waals surface area contributed by atoms with Gasteiger partial charge in [0, 0.05) is 18.7 Å². The van der Waals surface area contributed by atoms with Crippen LogP contribution in [0, 0.1) is 17.7 Å². The van der Waals surface area contributed by atoms with Crippen molar-refractivity contribution in [3.05, 3.63) is 35.1 Å². The van der Waals surface area contributed by atoms with Crippen LogP contribution in [0.3, 0.4) is 0 Å². The monoisotopic (exact) mass is 294 g/mol. The van der Waals surface area contributed by atoms with Crippen molar-refractivity contribution < 1.29 is 4.39 Å². The number of nitrogens with zero attached hydrogens (tertiary/aromatic N) is 1. The summed E-state index contributed by atoms with van der Waals surface area (Å²) in [6.45, 7) is 12.1. The van der Waals surface area contributed by atoms with Gasteiger partial charge in [0.15, 0.2) is 0 Å². The molecule has 3 heteroatoms. The molecule has 0 atom stereocenters. The van der Waals surface area contributed by atoms with E-state index in [4.69, 9.17) is 5.73 Å². The third-order valence-electron chi connectivity index (χ3n) is 3.79. The summed E-state index contributed by atoms with van der Waals surface area (Å²) in [6, 6.07) is 5.22. The van der Waals surface area contributed by atoms with E-state index >= 15 is 0 Å². The van der Waals surface area contributed by atoms with Crippen LogP contribution in [0.15, 0.2) is 18.2 Å². The molecule has 2 N–H and O–H groups in total. The molecule has 21 heavy (non-hydrogen) atoms. The second-order valence-electron chi connectivity index (χ2n) is 6.77. The molecule has 0 heterocycles. The van der Waals surface area contributed by atoms with Crippen molar-refractivity contribution in [2.45, 2.75) is 53.6 Å². The molecular weight excluding hydrogens is 263 g/mol. The predicted octanol–water partition coefficient (Wildman–Crippen LogP) is 4.18. The third kappa shape index (κ3) is 7.05. The van der Waals surface area contributed by atoms with E-state index in [2.05, 4.69) is 32.6 Å². The van der Waals surface area contributed by atoms with Crippen LogP contribution in [0.2, 0.25) is 0 Å². The van der Waals surface area contributed by atoms with Crippen LogP contribution in [0.25, 0.3) is 0 Å². The average molecular weight is 294 g/mol. The van der Waals surface area contributed by atoms with Crippen molar-refractivity contribution in [1.29, 1.82) is 0 Å². The van der Waals surface area contributed by atoms with Crippen molar-refractivity contribution >= 4 is 0 Å². The summed E-state index contributed by atoms with van der Waals surface area (Å²) in [5, 5.41) is 0. The minimum absolute atomic E-state index is 0.119. The lowest BCUT2D eigenvalue weighted by Crippen LogP contribution is -2.28. The second-order valence-corrected chi connectivity index (χ2v) is 6.77. The van der Waals surface area contributed by atoms with Gasteiger partial charge >= 0.3 is 0 Å². The van der Waals surface area contributed by atoms with Crippen molar-refractivity contribution in [2.24, 2.45) is 17.6 Å². The minimum Gasteiger partial charge on any atom is -0.326 e. The highest BCUT2D eigenvalue weighted by atomic mass is 19.1. The zero-order chi connectivity index (χ0) is 15.8. The normalized spacial score (nSPS) is 11.9. The van der Waals surface area contributed by atoms with Gasteiger partial charge in [0.2, 0.25) is 0 Å². The number of hydrogen-bond acceptors (Lipinski definition) is 2. The summed E-state index contributed by atoms with van der Waals surface area (Å²) in [7, 11) is 0. The zero-order valence-electron chi connectivity index (χ0n) is 14.0. The van der Waals surface area contributed by atoms with Gasteiger partial charge in [-0.05, 0) is 49.4 Å². The number of nitrogens with two attached hydrogens (primary N) is 1. The Morgan fingerprint density at radius 1 is 1.05 bits per heavy atom. The fourth-order valence-electron chi connectivity index (χ4n) is 2.27. The van der Waals surface area contributed by atoms with E-state index in [1.165, 1.54) is 0 Å². The lowest BCUT2D eigenvalue weighted by Gasteiger charge is -2.24. The van der Waals surface area contributed by atoms with Gasteiger partial charge in [-0.2, -0.15) is 0 Å². The minimum atomic E-state index is -0.119. The molecule has 0 saturated carbocycles. The second kappa shape index (κ2) is 9.16. The predicted molar refractivity (Wildman–Crippen MR) is 88.5 cm³/mol. The topological polar surface area (TPSA) is 29.3 Å². The summed E-state index contributed by atoms with van der Waals surface area (Å²) in [5.74, 6) is 1.23. The Labute approximate surface area is 129 Å². The summed E-state index contributed by atoms with van der Waals surface area (Å²) in [5.41, 5.74) is 7.43. The fourth-order valence-corrected chi connectivity index (χ4v) is 2.27. The molecular formula is C18H31FN2. The van der Waals surface area contributed by atoms with Gasteiger partial charge in [0.05, 0.1) is 0 Å². The maximum absolute atomic E-state index is 14.0. The van der Waals surface area contributed by atoms with Crippen LogP contribution >= 0.6 is 0 Å². The maximum atomic E-state index is 14.0. The highest BCUT2D eigenvalue weighted by Crippen LogP contribution is 2.15. The van der Waals surface area contributed by atoms with E-state index in [9.17, 15) is 4.39 Å². The molecule has 0 bridgehead atoms. The van der Waals surface area contributed by atoms with E-state index in [0.717, 1.165) is 37.1 Å². The maximum Gasteiger partial charge on any atom is 0.127 e. The Bertz CT molecular complexity index is 404. The van der Waals surface area contributed by atoms with Gasteiger partial charge in [0.25, 0.3) is 0 Å². The van der Waals surface area contributed by atoms with Crippen LogP contribution in [0.5, 0.6) is 0 Å². The first-order chi connectivity index (χ1) is 9.92. The van der Waals surface area contributed by atoms with Gasteiger partial charge in [-0.3, -0.25) is 4.90 Å². The first-order valence-corrected chi connectivity index (χ1v) is 8.12. The molecule has 0 radical (unpaired) electrons. The van der Waals surface area contributed by atoms with E-state index in [-0.39, 0.29) is 5.82 Å². The molecule has 0 aromatic heterocycles. The zero-order valence-corrected chi connectivity index (χ0v) is 14.0. The average Bonchev–Trinajstić information content (AvgIpc) is 2.43. The molecule has 0 unspecified atom stereocenters. The molecule has 1 aromatic rings. The van der Waals surface area contributed by atoms with Crippen LogP contribution in [0.4, 0.5) is 4.39 Å². The highest BCUT2D eigenvalue weighted by Gasteiger charge is 2.11. The first-order valence-electron chi connectivity index (χ1n) is 8.12. The standard InChI is InChI=1S/C18H31FN2/c1-14(2)7-9-21(10-8-15(3)4)13-17-11-16(12-20)5-6-18(17)19/h5-6,11,14-15H,7-10,12-13,20H2,1-4H3. The number of rotatable bonds is 9. The highest BCUT2D eigenvalue weighted by molar-refractivity contribution is 5.25. The Morgan fingerprint density at radius 2 is 1.62 bits per heavy atom. The summed E-state index contributed by atoms with van der Waals surface area (Å²) in [6.07, 6.45) is 2.30. The SMILES string of the molecule is CC(C)CCN(CCC(C)C)Cc1cc(CN)ccc1F. The molecule has 0 aliphatic heterocycles. The number of benzene rings is 1. The van der Waals surface area contributed by atoms with Crippen LogP contribution < -0.4 is 5.73 Å². The van der Waals surface area contributed by atoms with E-state index in [0.29, 0.717) is 24.9 Å². The summed E-state index contributed by atoms with van der Waals surface area (Å²) in [4.78, 5) is 2.37. The first kappa shape index (κ1) is 18.1. The molecule has 0 aliphatic rings. The van der Waals surface area contributed by atoms with E-state index in [1.54, 1.807) is 12.1 Å². The molecule has 0 saturated heterocycles. The smallest absolute Gasteiger partial charge is 0.127 e. The largest absolute Gasteiger partial charge is 0.326 e. The van der Waals surface area contributed by atoms with Crippen molar-refractivity contribution in [1.82, 2.24) is 4.90 Å². The Kier molecular flexibility index (Phi) is 7.91. The van der Waals surface area contributed by atoms with Gasteiger partial charge in [-0.1, -0.05) is 39.8 Å². The van der Waals surface area contributed by atoms with E-state index < -0.39 is 0 Å². The number of halogens is 1. The molecule has 120 valence electrons. The molecule has 0 spiro atoms.